The van der Waals surface area contributed by atoms with Crippen molar-refractivity contribution in [1.29, 1.82) is 0 Å². The molecule has 0 fully saturated rings. The molecule has 5 aromatic rings. The second kappa shape index (κ2) is 10.7. The number of pyridine rings is 2. The van der Waals surface area contributed by atoms with E-state index in [1.54, 1.807) is 37.6 Å². The Morgan fingerprint density at radius 3 is 2.38 bits per heavy atom. The summed E-state index contributed by atoms with van der Waals surface area (Å²) in [6.07, 6.45) is 1.65. The SMILES string of the molecule is CC(C)(C)CS(=O)(=O)c1cc(-c2nnc(NCc3ccccn3)c3c(-c4ccccc4)ccn23)cnc1C(F)F. The summed E-state index contributed by atoms with van der Waals surface area (Å²) in [6, 6.07) is 18.4. The van der Waals surface area contributed by atoms with E-state index in [-0.39, 0.29) is 17.1 Å². The van der Waals surface area contributed by atoms with Crippen LogP contribution in [0.3, 0.4) is 0 Å². The topological polar surface area (TPSA) is 102 Å². The Balaban J connectivity index is 1.67. The molecule has 0 bridgehead atoms. The van der Waals surface area contributed by atoms with E-state index in [9.17, 15) is 17.2 Å². The van der Waals surface area contributed by atoms with Gasteiger partial charge in [0, 0.05) is 29.7 Å². The van der Waals surface area contributed by atoms with Crippen LogP contribution < -0.4 is 5.32 Å². The molecule has 0 saturated carbocycles. The predicted octanol–water partition coefficient (Wildman–Crippen LogP) is 6.22. The summed E-state index contributed by atoms with van der Waals surface area (Å²) < 4.78 is 56.0. The van der Waals surface area contributed by atoms with Gasteiger partial charge in [-0.25, -0.2) is 17.2 Å². The molecule has 206 valence electrons. The van der Waals surface area contributed by atoms with Crippen LogP contribution in [0.2, 0.25) is 0 Å². The highest BCUT2D eigenvalue weighted by Crippen LogP contribution is 2.35. The van der Waals surface area contributed by atoms with Crippen LogP contribution in [0.15, 0.2) is 84.1 Å². The van der Waals surface area contributed by atoms with Gasteiger partial charge >= 0.3 is 0 Å². The predicted molar refractivity (Wildman–Crippen MR) is 150 cm³/mol. The third-order valence-electron chi connectivity index (χ3n) is 6.14. The molecule has 0 spiro atoms. The first kappa shape index (κ1) is 27.3. The van der Waals surface area contributed by atoms with Crippen molar-refractivity contribution in [2.45, 2.75) is 38.6 Å². The molecule has 0 atom stereocenters. The van der Waals surface area contributed by atoms with Crippen LogP contribution in [-0.4, -0.2) is 38.7 Å². The van der Waals surface area contributed by atoms with E-state index in [2.05, 4.69) is 25.5 Å². The van der Waals surface area contributed by atoms with Crippen LogP contribution in [0.4, 0.5) is 14.6 Å². The molecular weight excluding hydrogens is 534 g/mol. The van der Waals surface area contributed by atoms with Gasteiger partial charge in [0.05, 0.1) is 28.4 Å². The fourth-order valence-corrected chi connectivity index (χ4v) is 6.59. The van der Waals surface area contributed by atoms with Crippen LogP contribution in [-0.2, 0) is 16.4 Å². The van der Waals surface area contributed by atoms with Gasteiger partial charge in [-0.3, -0.25) is 14.4 Å². The minimum atomic E-state index is -4.08. The van der Waals surface area contributed by atoms with Crippen molar-refractivity contribution in [3.05, 3.63) is 90.6 Å². The Bertz CT molecular complexity index is 1750. The largest absolute Gasteiger partial charge is 0.361 e. The summed E-state index contributed by atoms with van der Waals surface area (Å²) in [5.41, 5.74) is 2.11. The monoisotopic (exact) mass is 562 g/mol. The summed E-state index contributed by atoms with van der Waals surface area (Å²) in [6.45, 7) is 5.60. The minimum absolute atomic E-state index is 0.251. The number of anilines is 1. The quantitative estimate of drug-likeness (QED) is 0.239. The number of hydrogen-bond acceptors (Lipinski definition) is 7. The summed E-state index contributed by atoms with van der Waals surface area (Å²) in [4.78, 5) is 7.73. The lowest BCUT2D eigenvalue weighted by atomic mass is 10.0. The van der Waals surface area contributed by atoms with Gasteiger partial charge in [0.1, 0.15) is 5.69 Å². The fourth-order valence-electron chi connectivity index (χ4n) is 4.53. The number of alkyl halides is 2. The maximum absolute atomic E-state index is 13.9. The maximum Gasteiger partial charge on any atom is 0.281 e. The van der Waals surface area contributed by atoms with E-state index in [4.69, 9.17) is 0 Å². The zero-order valence-electron chi connectivity index (χ0n) is 22.2. The number of rotatable bonds is 8. The Kier molecular flexibility index (Phi) is 7.33. The second-order valence-corrected chi connectivity index (χ2v) is 12.5. The molecule has 0 aliphatic carbocycles. The molecule has 11 heteroatoms. The number of sulfone groups is 1. The molecule has 1 aromatic carbocycles. The van der Waals surface area contributed by atoms with E-state index in [1.165, 1.54) is 12.3 Å². The Morgan fingerprint density at radius 1 is 0.950 bits per heavy atom. The van der Waals surface area contributed by atoms with Crippen LogP contribution >= 0.6 is 0 Å². The van der Waals surface area contributed by atoms with E-state index in [0.717, 1.165) is 16.8 Å². The number of nitrogens with one attached hydrogen (secondary N) is 1. The van der Waals surface area contributed by atoms with Gasteiger partial charge in [-0.1, -0.05) is 57.2 Å². The van der Waals surface area contributed by atoms with Crippen LogP contribution in [0.1, 0.15) is 38.6 Å². The lowest BCUT2D eigenvalue weighted by Crippen LogP contribution is -2.22. The van der Waals surface area contributed by atoms with Crippen molar-refractivity contribution in [2.75, 3.05) is 11.1 Å². The van der Waals surface area contributed by atoms with Crippen molar-refractivity contribution in [3.63, 3.8) is 0 Å². The fraction of sp³-hybridized carbons (Fsp3) is 0.241. The molecule has 0 aliphatic rings. The van der Waals surface area contributed by atoms with Crippen LogP contribution in [0.25, 0.3) is 28.0 Å². The van der Waals surface area contributed by atoms with Gasteiger partial charge < -0.3 is 5.32 Å². The number of hydrogen-bond donors (Lipinski definition) is 1. The van der Waals surface area contributed by atoms with Crippen molar-refractivity contribution >= 4 is 21.2 Å². The maximum atomic E-state index is 13.9. The first-order valence-corrected chi connectivity index (χ1v) is 14.3. The number of benzene rings is 1. The molecule has 0 amide bonds. The second-order valence-electron chi connectivity index (χ2n) is 10.6. The highest BCUT2D eigenvalue weighted by Gasteiger charge is 2.30. The smallest absolute Gasteiger partial charge is 0.281 e. The summed E-state index contributed by atoms with van der Waals surface area (Å²) >= 11 is 0. The van der Waals surface area contributed by atoms with E-state index in [0.29, 0.717) is 17.9 Å². The molecule has 4 aromatic heterocycles. The lowest BCUT2D eigenvalue weighted by Gasteiger charge is -2.19. The molecule has 0 radical (unpaired) electrons. The van der Waals surface area contributed by atoms with E-state index >= 15 is 0 Å². The van der Waals surface area contributed by atoms with Crippen molar-refractivity contribution < 1.29 is 17.2 Å². The Labute approximate surface area is 231 Å². The van der Waals surface area contributed by atoms with E-state index in [1.807, 2.05) is 54.6 Å². The van der Waals surface area contributed by atoms with Crippen LogP contribution in [0.5, 0.6) is 0 Å². The van der Waals surface area contributed by atoms with Gasteiger partial charge in [-0.2, -0.15) is 0 Å². The third-order valence-corrected chi connectivity index (χ3v) is 8.38. The molecule has 0 saturated heterocycles. The minimum Gasteiger partial charge on any atom is -0.361 e. The Hall–Kier alpha value is -4.25. The molecule has 4 heterocycles. The van der Waals surface area contributed by atoms with Gasteiger partial charge in [0.25, 0.3) is 6.43 Å². The normalized spacial score (nSPS) is 12.2. The zero-order chi connectivity index (χ0) is 28.5. The van der Waals surface area contributed by atoms with Gasteiger partial charge in [-0.05, 0) is 35.2 Å². The highest BCUT2D eigenvalue weighted by atomic mass is 32.2. The van der Waals surface area contributed by atoms with Gasteiger partial charge in [0.15, 0.2) is 21.5 Å². The molecule has 8 nitrogen and oxygen atoms in total. The van der Waals surface area contributed by atoms with E-state index < -0.39 is 32.3 Å². The average Bonchev–Trinajstić information content (AvgIpc) is 3.37. The summed E-state index contributed by atoms with van der Waals surface area (Å²) in [5, 5.41) is 12.1. The molecule has 0 unspecified atom stereocenters. The van der Waals surface area contributed by atoms with Crippen molar-refractivity contribution in [1.82, 2.24) is 24.6 Å². The molecule has 0 aliphatic heterocycles. The highest BCUT2D eigenvalue weighted by molar-refractivity contribution is 7.91. The van der Waals surface area contributed by atoms with Crippen molar-refractivity contribution in [3.8, 4) is 22.5 Å². The van der Waals surface area contributed by atoms with Crippen LogP contribution in [0, 0.1) is 5.41 Å². The summed E-state index contributed by atoms with van der Waals surface area (Å²) in [7, 11) is -4.08. The standard InChI is InChI=1S/C29H28F2N6O2S/c1-29(2,3)18-40(38,39)23-15-20(16-33-24(23)26(30)31)28-36-35-27(34-17-21-11-7-8-13-32-21)25-22(12-14-37(25)28)19-9-5-4-6-10-19/h4-16,26H,17-18H2,1-3H3,(H,34,35). The average molecular weight is 563 g/mol. The number of halogens is 2. The lowest BCUT2D eigenvalue weighted by molar-refractivity contribution is 0.142. The van der Waals surface area contributed by atoms with Gasteiger partial charge in [0.2, 0.25) is 0 Å². The number of aromatic nitrogens is 5. The molecule has 1 N–H and O–H groups in total. The van der Waals surface area contributed by atoms with Crippen molar-refractivity contribution in [2.24, 2.45) is 5.41 Å². The summed E-state index contributed by atoms with van der Waals surface area (Å²) in [5.74, 6) is 0.432. The molecule has 5 rings (SSSR count). The molecule has 40 heavy (non-hydrogen) atoms. The Morgan fingerprint density at radius 2 is 1.70 bits per heavy atom. The first-order valence-electron chi connectivity index (χ1n) is 12.6. The third kappa shape index (κ3) is 5.69. The molecular formula is C29H28F2N6O2S. The number of fused-ring (bicyclic) bond motifs is 1. The van der Waals surface area contributed by atoms with Gasteiger partial charge in [-0.15, -0.1) is 10.2 Å². The zero-order valence-corrected chi connectivity index (χ0v) is 23.0. The number of nitrogens with zero attached hydrogens (tertiary/aromatic N) is 5. The first-order chi connectivity index (χ1) is 19.0.